The van der Waals surface area contributed by atoms with E-state index >= 15 is 0 Å². The molecule has 1 N–H and O–H groups in total. The summed E-state index contributed by atoms with van der Waals surface area (Å²) in [6, 6.07) is 15.6. The van der Waals surface area contributed by atoms with Gasteiger partial charge in [0, 0.05) is 7.05 Å². The first-order valence-electron chi connectivity index (χ1n) is 8.88. The second kappa shape index (κ2) is 8.47. The molecular weight excluding hydrogens is 374 g/mol. The van der Waals surface area contributed by atoms with Gasteiger partial charge in [0.05, 0.1) is 18.5 Å². The van der Waals surface area contributed by atoms with E-state index in [4.69, 9.17) is 9.47 Å². The van der Waals surface area contributed by atoms with Gasteiger partial charge < -0.3 is 14.8 Å². The van der Waals surface area contributed by atoms with Crippen LogP contribution in [-0.4, -0.2) is 35.0 Å². The van der Waals surface area contributed by atoms with Crippen LogP contribution in [0.2, 0.25) is 0 Å². The summed E-state index contributed by atoms with van der Waals surface area (Å²) in [5, 5.41) is 2.61. The lowest BCUT2D eigenvalue weighted by Crippen LogP contribution is -2.26. The maximum absolute atomic E-state index is 12.8. The monoisotopic (exact) mass is 395 g/mol. The molecule has 0 unspecified atom stereocenters. The van der Waals surface area contributed by atoms with Crippen LogP contribution in [0.5, 0.6) is 5.75 Å². The van der Waals surface area contributed by atoms with Crippen LogP contribution >= 0.6 is 0 Å². The Morgan fingerprint density at radius 1 is 1.03 bits per heavy atom. The lowest BCUT2D eigenvalue weighted by atomic mass is 10.2. The number of hydrogen-bond donors (Lipinski definition) is 1. The molecule has 0 fully saturated rings. The first-order valence-corrected chi connectivity index (χ1v) is 8.88. The van der Waals surface area contributed by atoms with Crippen molar-refractivity contribution in [1.29, 1.82) is 0 Å². The molecule has 0 aliphatic rings. The number of aromatic nitrogens is 2. The Balaban J connectivity index is 1.78. The van der Waals surface area contributed by atoms with Gasteiger partial charge in [-0.25, -0.2) is 9.48 Å². The molecule has 0 radical (unpaired) electrons. The largest absolute Gasteiger partial charge is 0.483 e. The zero-order valence-electron chi connectivity index (χ0n) is 16.3. The second-order valence-corrected chi connectivity index (χ2v) is 6.26. The summed E-state index contributed by atoms with van der Waals surface area (Å²) in [4.78, 5) is 37.0. The Hall–Kier alpha value is -3.81. The number of amides is 1. The van der Waals surface area contributed by atoms with Crippen molar-refractivity contribution in [3.63, 3.8) is 0 Å². The summed E-state index contributed by atoms with van der Waals surface area (Å²) in [7, 11) is 3.00. The van der Waals surface area contributed by atoms with Crippen molar-refractivity contribution in [2.75, 3.05) is 19.0 Å². The highest BCUT2D eigenvalue weighted by molar-refractivity contribution is 5.94. The summed E-state index contributed by atoms with van der Waals surface area (Å²) < 4.78 is 13.3. The number of methoxy groups -OCH3 is 1. The molecule has 0 saturated heterocycles. The van der Waals surface area contributed by atoms with Crippen LogP contribution in [-0.2, 0) is 16.6 Å². The average Bonchev–Trinajstić information content (AvgIpc) is 2.95. The Kier molecular flexibility index (Phi) is 5.82. The van der Waals surface area contributed by atoms with E-state index in [1.165, 1.54) is 11.8 Å². The number of anilines is 1. The van der Waals surface area contributed by atoms with Gasteiger partial charge in [0.2, 0.25) is 0 Å². The number of benzene rings is 2. The van der Waals surface area contributed by atoms with Gasteiger partial charge in [-0.1, -0.05) is 30.3 Å². The minimum atomic E-state index is -0.564. The molecule has 150 valence electrons. The molecule has 3 aromatic rings. The SMILES string of the molecule is COC(=O)c1ccccc1OCC(=O)Nc1c(C)n(C)n(-c2ccccc2)c1=O. The maximum atomic E-state index is 12.8. The fourth-order valence-corrected chi connectivity index (χ4v) is 2.90. The standard InChI is InChI=1S/C21H21N3O5/c1-14-19(20(26)24(23(14)2)15-9-5-4-6-10-15)22-18(25)13-29-17-12-8-7-11-16(17)21(27)28-3/h4-12H,13H2,1-3H3,(H,22,25). The summed E-state index contributed by atoms with van der Waals surface area (Å²) in [5.41, 5.74) is 1.32. The van der Waals surface area contributed by atoms with E-state index in [1.807, 2.05) is 18.2 Å². The summed E-state index contributed by atoms with van der Waals surface area (Å²) in [6.07, 6.45) is 0. The van der Waals surface area contributed by atoms with Crippen molar-refractivity contribution in [1.82, 2.24) is 9.36 Å². The van der Waals surface area contributed by atoms with Crippen molar-refractivity contribution < 1.29 is 19.1 Å². The van der Waals surface area contributed by atoms with Gasteiger partial charge in [-0.05, 0) is 31.2 Å². The summed E-state index contributed by atoms with van der Waals surface area (Å²) in [6.45, 7) is 1.37. The molecule has 29 heavy (non-hydrogen) atoms. The van der Waals surface area contributed by atoms with Gasteiger partial charge in [0.15, 0.2) is 6.61 Å². The fraction of sp³-hybridized carbons (Fsp3) is 0.190. The molecule has 2 aromatic carbocycles. The highest BCUT2D eigenvalue weighted by Crippen LogP contribution is 2.19. The smallest absolute Gasteiger partial charge is 0.341 e. The van der Waals surface area contributed by atoms with E-state index in [9.17, 15) is 14.4 Å². The Morgan fingerprint density at radius 2 is 1.69 bits per heavy atom. The molecule has 0 bridgehead atoms. The molecular formula is C21H21N3O5. The van der Waals surface area contributed by atoms with Crippen LogP contribution in [0.4, 0.5) is 5.69 Å². The quantitative estimate of drug-likeness (QED) is 0.647. The van der Waals surface area contributed by atoms with Gasteiger partial charge in [0.25, 0.3) is 11.5 Å². The molecule has 3 rings (SSSR count). The van der Waals surface area contributed by atoms with Crippen molar-refractivity contribution >= 4 is 17.6 Å². The number of ether oxygens (including phenoxy) is 2. The van der Waals surface area contributed by atoms with Gasteiger partial charge in [-0.15, -0.1) is 0 Å². The molecule has 1 amide bonds. The van der Waals surface area contributed by atoms with Crippen LogP contribution in [0.3, 0.4) is 0 Å². The Bertz CT molecular complexity index is 1100. The third-order valence-electron chi connectivity index (χ3n) is 4.47. The van der Waals surface area contributed by atoms with E-state index in [0.717, 1.165) is 0 Å². The molecule has 1 heterocycles. The number of rotatable bonds is 6. The number of carbonyl (C=O) groups excluding carboxylic acids is 2. The molecule has 0 aliphatic heterocycles. The van der Waals surface area contributed by atoms with Gasteiger partial charge in [0.1, 0.15) is 17.0 Å². The van der Waals surface area contributed by atoms with E-state index in [0.29, 0.717) is 11.4 Å². The minimum Gasteiger partial charge on any atom is -0.483 e. The van der Waals surface area contributed by atoms with Gasteiger partial charge in [-0.3, -0.25) is 14.3 Å². The maximum Gasteiger partial charge on any atom is 0.341 e. The second-order valence-electron chi connectivity index (χ2n) is 6.26. The molecule has 0 aliphatic carbocycles. The third kappa shape index (κ3) is 4.06. The third-order valence-corrected chi connectivity index (χ3v) is 4.47. The Labute approximate surface area is 167 Å². The first-order chi connectivity index (χ1) is 13.9. The fourth-order valence-electron chi connectivity index (χ4n) is 2.90. The molecule has 1 aromatic heterocycles. The van der Waals surface area contributed by atoms with Crippen molar-refractivity contribution in [3.05, 3.63) is 76.2 Å². The minimum absolute atomic E-state index is 0.172. The number of nitrogens with zero attached hydrogens (tertiary/aromatic N) is 2. The van der Waals surface area contributed by atoms with E-state index in [2.05, 4.69) is 5.32 Å². The van der Waals surface area contributed by atoms with Gasteiger partial charge in [-0.2, -0.15) is 0 Å². The summed E-state index contributed by atoms with van der Waals surface area (Å²) in [5.74, 6) is -0.859. The number of para-hydroxylation sites is 2. The highest BCUT2D eigenvalue weighted by Gasteiger charge is 2.19. The Morgan fingerprint density at radius 3 is 2.38 bits per heavy atom. The van der Waals surface area contributed by atoms with Gasteiger partial charge >= 0.3 is 5.97 Å². The number of carbonyl (C=O) groups is 2. The molecule has 0 atom stereocenters. The zero-order chi connectivity index (χ0) is 21.0. The molecule has 0 saturated carbocycles. The lowest BCUT2D eigenvalue weighted by Gasteiger charge is -2.10. The molecule has 8 heteroatoms. The van der Waals surface area contributed by atoms with Crippen LogP contribution in [0.1, 0.15) is 16.1 Å². The average molecular weight is 395 g/mol. The zero-order valence-corrected chi connectivity index (χ0v) is 16.3. The first kappa shape index (κ1) is 19.9. The predicted molar refractivity (Wildman–Crippen MR) is 108 cm³/mol. The van der Waals surface area contributed by atoms with E-state index in [-0.39, 0.29) is 29.2 Å². The normalized spacial score (nSPS) is 10.4. The van der Waals surface area contributed by atoms with Crippen LogP contribution < -0.4 is 15.6 Å². The summed E-state index contributed by atoms with van der Waals surface area (Å²) >= 11 is 0. The molecule has 0 spiro atoms. The van der Waals surface area contributed by atoms with Crippen molar-refractivity contribution in [2.24, 2.45) is 7.05 Å². The van der Waals surface area contributed by atoms with Crippen molar-refractivity contribution in [2.45, 2.75) is 6.92 Å². The topological polar surface area (TPSA) is 91.6 Å². The van der Waals surface area contributed by atoms with E-state index in [1.54, 1.807) is 55.1 Å². The van der Waals surface area contributed by atoms with Crippen molar-refractivity contribution in [3.8, 4) is 11.4 Å². The predicted octanol–water partition coefficient (Wildman–Crippen LogP) is 2.29. The van der Waals surface area contributed by atoms with E-state index < -0.39 is 11.9 Å². The highest BCUT2D eigenvalue weighted by atomic mass is 16.5. The van der Waals surface area contributed by atoms with Crippen LogP contribution in [0, 0.1) is 6.92 Å². The number of esters is 1. The lowest BCUT2D eigenvalue weighted by molar-refractivity contribution is -0.118. The number of nitrogens with one attached hydrogen (secondary N) is 1. The van der Waals surface area contributed by atoms with Crippen LogP contribution in [0.25, 0.3) is 5.69 Å². The molecule has 8 nitrogen and oxygen atoms in total. The van der Waals surface area contributed by atoms with Crippen LogP contribution in [0.15, 0.2) is 59.4 Å². The number of hydrogen-bond acceptors (Lipinski definition) is 5.